The summed E-state index contributed by atoms with van der Waals surface area (Å²) < 4.78 is 13.7. The van der Waals surface area contributed by atoms with E-state index in [4.69, 9.17) is 17.4 Å². The van der Waals surface area contributed by atoms with E-state index < -0.39 is 5.82 Å². The standard InChI is InChI=1S/C11H11ClFN5/c1-6-5-9(17-11(15-6)18-14)16-8-4-2-3-7(12)10(8)13/h2-5H,14H2,1H3,(H2,15,16,17,18). The Balaban J connectivity index is 2.34. The van der Waals surface area contributed by atoms with E-state index in [1.165, 1.54) is 6.07 Å². The monoisotopic (exact) mass is 267 g/mol. The molecule has 2 aromatic rings. The van der Waals surface area contributed by atoms with Gasteiger partial charge in [-0.2, -0.15) is 4.98 Å². The normalized spacial score (nSPS) is 10.2. The number of halogens is 2. The topological polar surface area (TPSA) is 75.9 Å². The van der Waals surface area contributed by atoms with Gasteiger partial charge in [0.25, 0.3) is 0 Å². The van der Waals surface area contributed by atoms with Gasteiger partial charge in [-0.15, -0.1) is 0 Å². The molecule has 0 amide bonds. The van der Waals surface area contributed by atoms with Crippen LogP contribution in [0.25, 0.3) is 0 Å². The highest BCUT2D eigenvalue weighted by Gasteiger charge is 2.08. The van der Waals surface area contributed by atoms with E-state index in [-0.39, 0.29) is 16.7 Å². The molecule has 1 aromatic carbocycles. The van der Waals surface area contributed by atoms with E-state index in [1.807, 2.05) is 0 Å². The summed E-state index contributed by atoms with van der Waals surface area (Å²) >= 11 is 5.69. The predicted octanol–water partition coefficient (Wildman–Crippen LogP) is 2.61. The molecule has 0 aliphatic heterocycles. The lowest BCUT2D eigenvalue weighted by Gasteiger charge is -2.09. The minimum absolute atomic E-state index is 0.0444. The van der Waals surface area contributed by atoms with Gasteiger partial charge in [-0.3, -0.25) is 5.43 Å². The number of nitrogens with zero attached hydrogens (tertiary/aromatic N) is 2. The molecule has 94 valence electrons. The fourth-order valence-electron chi connectivity index (χ4n) is 1.44. The highest BCUT2D eigenvalue weighted by Crippen LogP contribution is 2.25. The van der Waals surface area contributed by atoms with Crippen LogP contribution in [0.4, 0.5) is 21.8 Å². The van der Waals surface area contributed by atoms with Gasteiger partial charge < -0.3 is 5.32 Å². The number of anilines is 3. The van der Waals surface area contributed by atoms with Crippen molar-refractivity contribution in [2.24, 2.45) is 5.84 Å². The zero-order valence-corrected chi connectivity index (χ0v) is 10.3. The van der Waals surface area contributed by atoms with Gasteiger partial charge in [0, 0.05) is 11.8 Å². The Labute approximate surface area is 108 Å². The lowest BCUT2D eigenvalue weighted by atomic mass is 10.3. The first-order valence-corrected chi connectivity index (χ1v) is 5.51. The van der Waals surface area contributed by atoms with E-state index in [0.717, 1.165) is 0 Å². The third-order valence-corrected chi connectivity index (χ3v) is 2.49. The molecular weight excluding hydrogens is 257 g/mol. The summed E-state index contributed by atoms with van der Waals surface area (Å²) in [5, 5.41) is 2.87. The zero-order valence-electron chi connectivity index (χ0n) is 9.54. The number of hydrazine groups is 1. The summed E-state index contributed by atoms with van der Waals surface area (Å²) in [4.78, 5) is 8.08. The van der Waals surface area contributed by atoms with Crippen molar-refractivity contribution in [2.45, 2.75) is 6.92 Å². The van der Waals surface area contributed by atoms with Crippen molar-refractivity contribution in [3.63, 3.8) is 0 Å². The number of hydrogen-bond acceptors (Lipinski definition) is 5. The third kappa shape index (κ3) is 2.66. The molecule has 0 atom stereocenters. The summed E-state index contributed by atoms with van der Waals surface area (Å²) in [6.45, 7) is 1.78. The molecule has 0 unspecified atom stereocenters. The SMILES string of the molecule is Cc1cc(Nc2cccc(Cl)c2F)nc(NN)n1. The van der Waals surface area contributed by atoms with E-state index >= 15 is 0 Å². The van der Waals surface area contributed by atoms with Crippen molar-refractivity contribution in [1.82, 2.24) is 9.97 Å². The van der Waals surface area contributed by atoms with Crippen molar-refractivity contribution in [3.8, 4) is 0 Å². The fourth-order valence-corrected chi connectivity index (χ4v) is 1.61. The molecule has 1 aromatic heterocycles. The molecule has 0 saturated heterocycles. The van der Waals surface area contributed by atoms with Gasteiger partial charge in [0.15, 0.2) is 5.82 Å². The number of benzene rings is 1. The maximum absolute atomic E-state index is 13.7. The highest BCUT2D eigenvalue weighted by atomic mass is 35.5. The predicted molar refractivity (Wildman–Crippen MR) is 69.3 cm³/mol. The lowest BCUT2D eigenvalue weighted by molar-refractivity contribution is 0.632. The summed E-state index contributed by atoms with van der Waals surface area (Å²) in [6.07, 6.45) is 0. The van der Waals surface area contributed by atoms with E-state index in [2.05, 4.69) is 20.7 Å². The molecule has 2 rings (SSSR count). The Hall–Kier alpha value is -1.92. The fraction of sp³-hybridized carbons (Fsp3) is 0.0909. The third-order valence-electron chi connectivity index (χ3n) is 2.20. The number of nitrogen functional groups attached to an aromatic ring is 1. The average molecular weight is 268 g/mol. The molecule has 18 heavy (non-hydrogen) atoms. The van der Waals surface area contributed by atoms with Crippen LogP contribution in [-0.2, 0) is 0 Å². The molecule has 5 nitrogen and oxygen atoms in total. The number of aromatic nitrogens is 2. The quantitative estimate of drug-likeness (QED) is 0.589. The molecule has 0 aliphatic carbocycles. The number of nitrogens with one attached hydrogen (secondary N) is 2. The zero-order chi connectivity index (χ0) is 13.1. The summed E-state index contributed by atoms with van der Waals surface area (Å²) in [7, 11) is 0. The number of aryl methyl sites for hydroxylation is 1. The van der Waals surface area contributed by atoms with Crippen LogP contribution in [0.3, 0.4) is 0 Å². The second-order valence-electron chi connectivity index (χ2n) is 3.59. The van der Waals surface area contributed by atoms with Gasteiger partial charge in [0.05, 0.1) is 10.7 Å². The molecule has 0 bridgehead atoms. The second kappa shape index (κ2) is 5.16. The minimum atomic E-state index is -0.530. The minimum Gasteiger partial charge on any atom is -0.338 e. The molecule has 1 heterocycles. The lowest BCUT2D eigenvalue weighted by Crippen LogP contribution is -2.12. The second-order valence-corrected chi connectivity index (χ2v) is 4.00. The highest BCUT2D eigenvalue weighted by molar-refractivity contribution is 6.31. The van der Waals surface area contributed by atoms with Crippen LogP contribution in [0, 0.1) is 12.7 Å². The van der Waals surface area contributed by atoms with E-state index in [0.29, 0.717) is 11.5 Å². The van der Waals surface area contributed by atoms with Crippen LogP contribution >= 0.6 is 11.6 Å². The summed E-state index contributed by atoms with van der Waals surface area (Å²) in [5.41, 5.74) is 3.27. The van der Waals surface area contributed by atoms with Gasteiger partial charge >= 0.3 is 0 Å². The van der Waals surface area contributed by atoms with Crippen molar-refractivity contribution in [2.75, 3.05) is 10.7 Å². The van der Waals surface area contributed by atoms with Crippen molar-refractivity contribution in [1.29, 1.82) is 0 Å². The first-order valence-electron chi connectivity index (χ1n) is 5.13. The molecule has 4 N–H and O–H groups in total. The first kappa shape index (κ1) is 12.5. The molecule has 0 radical (unpaired) electrons. The van der Waals surface area contributed by atoms with Crippen LogP contribution in [0.2, 0.25) is 5.02 Å². The maximum atomic E-state index is 13.7. The van der Waals surface area contributed by atoms with Gasteiger partial charge in [-0.1, -0.05) is 17.7 Å². The van der Waals surface area contributed by atoms with Gasteiger partial charge in [0.1, 0.15) is 5.82 Å². The first-order chi connectivity index (χ1) is 8.60. The van der Waals surface area contributed by atoms with Crippen LogP contribution in [0.15, 0.2) is 24.3 Å². The van der Waals surface area contributed by atoms with E-state index in [1.54, 1.807) is 25.1 Å². The van der Waals surface area contributed by atoms with Crippen molar-refractivity contribution < 1.29 is 4.39 Å². The van der Waals surface area contributed by atoms with Crippen LogP contribution in [0.1, 0.15) is 5.69 Å². The summed E-state index contributed by atoms with van der Waals surface area (Å²) in [5.74, 6) is 5.38. The average Bonchev–Trinajstić information content (AvgIpc) is 2.34. The molecule has 0 spiro atoms. The Bertz CT molecular complexity index is 575. The van der Waals surface area contributed by atoms with Crippen molar-refractivity contribution in [3.05, 3.63) is 40.8 Å². The number of hydrogen-bond donors (Lipinski definition) is 3. The Morgan fingerprint density at radius 3 is 2.83 bits per heavy atom. The number of rotatable bonds is 3. The van der Waals surface area contributed by atoms with E-state index in [9.17, 15) is 4.39 Å². The molecule has 7 heteroatoms. The smallest absolute Gasteiger partial charge is 0.239 e. The molecule has 0 saturated carbocycles. The molecule has 0 fully saturated rings. The molecular formula is C11H11ClFN5. The molecule has 0 aliphatic rings. The van der Waals surface area contributed by atoms with Crippen molar-refractivity contribution >= 4 is 29.1 Å². The van der Waals surface area contributed by atoms with Crippen LogP contribution in [0.5, 0.6) is 0 Å². The number of nitrogens with two attached hydrogens (primary N) is 1. The summed E-state index contributed by atoms with van der Waals surface area (Å²) in [6, 6.07) is 6.35. The Morgan fingerprint density at radius 2 is 2.11 bits per heavy atom. The van der Waals surface area contributed by atoms with Crippen LogP contribution < -0.4 is 16.6 Å². The van der Waals surface area contributed by atoms with Gasteiger partial charge in [0.2, 0.25) is 5.95 Å². The van der Waals surface area contributed by atoms with Gasteiger partial charge in [-0.25, -0.2) is 15.2 Å². The Morgan fingerprint density at radius 1 is 1.33 bits per heavy atom. The largest absolute Gasteiger partial charge is 0.338 e. The van der Waals surface area contributed by atoms with Crippen LogP contribution in [-0.4, -0.2) is 9.97 Å². The Kier molecular flexibility index (Phi) is 3.59. The van der Waals surface area contributed by atoms with Gasteiger partial charge in [-0.05, 0) is 19.1 Å². The maximum Gasteiger partial charge on any atom is 0.239 e.